The molecule has 0 aromatic heterocycles. The van der Waals surface area contributed by atoms with Gasteiger partial charge in [-0.1, -0.05) is 41.4 Å². The van der Waals surface area contributed by atoms with E-state index in [0.717, 1.165) is 0 Å². The molecule has 1 nitrogen and oxygen atoms in total. The molecule has 0 aliphatic rings. The molecule has 5 heteroatoms. The predicted octanol–water partition coefficient (Wildman–Crippen LogP) is 5.61. The fourth-order valence-electron chi connectivity index (χ4n) is 1.85. The van der Waals surface area contributed by atoms with Gasteiger partial charge in [0.1, 0.15) is 5.75 Å². The second kappa shape index (κ2) is 5.76. The summed E-state index contributed by atoms with van der Waals surface area (Å²) in [5, 5.41) is 0.776. The molecule has 0 amide bonds. The topological polar surface area (TPSA) is 9.23 Å². The quantitative estimate of drug-likeness (QED) is 0.716. The molecule has 0 saturated heterocycles. The van der Waals surface area contributed by atoms with Crippen LogP contribution < -0.4 is 4.74 Å². The smallest absolute Gasteiger partial charge is 0.267 e. The van der Waals surface area contributed by atoms with E-state index in [4.69, 9.17) is 27.9 Å². The highest BCUT2D eigenvalue weighted by molar-refractivity contribution is 6.42. The van der Waals surface area contributed by atoms with Gasteiger partial charge in [-0.15, -0.1) is 0 Å². The Kier molecular flexibility index (Phi) is 4.27. The summed E-state index contributed by atoms with van der Waals surface area (Å²) in [5.41, 5.74) is 1.08. The second-order valence-corrected chi connectivity index (χ2v) is 4.67. The first-order valence-corrected chi connectivity index (χ1v) is 6.20. The molecule has 0 saturated carbocycles. The van der Waals surface area contributed by atoms with Gasteiger partial charge in [0.15, 0.2) is 0 Å². The van der Waals surface area contributed by atoms with Crippen LogP contribution in [0, 0.1) is 0 Å². The highest BCUT2D eigenvalue weighted by atomic mass is 35.5. The first kappa shape index (κ1) is 14.1. The van der Waals surface area contributed by atoms with E-state index in [0.29, 0.717) is 21.2 Å². The molecular weight excluding hydrogens is 293 g/mol. The molecule has 19 heavy (non-hydrogen) atoms. The van der Waals surface area contributed by atoms with Crippen LogP contribution in [-0.4, -0.2) is 7.11 Å². The molecule has 0 atom stereocenters. The van der Waals surface area contributed by atoms with Crippen molar-refractivity contribution in [2.24, 2.45) is 0 Å². The van der Waals surface area contributed by atoms with Crippen LogP contribution in [0.15, 0.2) is 36.4 Å². The van der Waals surface area contributed by atoms with Gasteiger partial charge in [0, 0.05) is 5.56 Å². The van der Waals surface area contributed by atoms with Crippen molar-refractivity contribution in [3.63, 3.8) is 0 Å². The number of alkyl halides is 2. The number of para-hydroxylation sites is 1. The standard InChI is InChI=1S/C14H10Cl2F2O/c1-19-13-9(3-2-4-10(13)14(17)18)8-5-6-11(15)12(16)7-8/h2-7,14H,1H3. The highest BCUT2D eigenvalue weighted by Gasteiger charge is 2.18. The van der Waals surface area contributed by atoms with Gasteiger partial charge < -0.3 is 4.74 Å². The van der Waals surface area contributed by atoms with Crippen LogP contribution in [0.2, 0.25) is 10.0 Å². The van der Waals surface area contributed by atoms with Crippen molar-refractivity contribution in [2.75, 3.05) is 7.11 Å². The number of benzene rings is 2. The maximum Gasteiger partial charge on any atom is 0.267 e. The lowest BCUT2D eigenvalue weighted by molar-refractivity contribution is 0.147. The summed E-state index contributed by atoms with van der Waals surface area (Å²) in [5.74, 6) is 0.149. The van der Waals surface area contributed by atoms with E-state index in [1.54, 1.807) is 30.3 Å². The van der Waals surface area contributed by atoms with E-state index in [-0.39, 0.29) is 11.3 Å². The van der Waals surface area contributed by atoms with Crippen LogP contribution in [0.5, 0.6) is 5.75 Å². The Morgan fingerprint density at radius 2 is 1.79 bits per heavy atom. The number of ether oxygens (including phenoxy) is 1. The molecule has 0 bridgehead atoms. The lowest BCUT2D eigenvalue weighted by atomic mass is 10.0. The third-order valence-corrected chi connectivity index (χ3v) is 3.45. The molecule has 0 aliphatic heterocycles. The number of methoxy groups -OCH3 is 1. The van der Waals surface area contributed by atoms with Crippen LogP contribution >= 0.6 is 23.2 Å². The van der Waals surface area contributed by atoms with Gasteiger partial charge in [-0.25, -0.2) is 8.78 Å². The van der Waals surface area contributed by atoms with Crippen molar-refractivity contribution < 1.29 is 13.5 Å². The molecule has 0 unspecified atom stereocenters. The molecule has 0 spiro atoms. The fraction of sp³-hybridized carbons (Fsp3) is 0.143. The summed E-state index contributed by atoms with van der Waals surface area (Å²) in [6.07, 6.45) is -2.60. The summed E-state index contributed by atoms with van der Waals surface area (Å²) >= 11 is 11.8. The van der Waals surface area contributed by atoms with E-state index in [2.05, 4.69) is 0 Å². The van der Waals surface area contributed by atoms with E-state index in [9.17, 15) is 8.78 Å². The molecule has 0 N–H and O–H groups in total. The van der Waals surface area contributed by atoms with Gasteiger partial charge in [-0.05, 0) is 23.8 Å². The van der Waals surface area contributed by atoms with Crippen LogP contribution in [0.3, 0.4) is 0 Å². The number of hydrogen-bond acceptors (Lipinski definition) is 1. The first-order valence-electron chi connectivity index (χ1n) is 5.45. The zero-order valence-electron chi connectivity index (χ0n) is 9.96. The molecule has 0 heterocycles. The predicted molar refractivity (Wildman–Crippen MR) is 73.4 cm³/mol. The fourth-order valence-corrected chi connectivity index (χ4v) is 2.14. The third-order valence-electron chi connectivity index (χ3n) is 2.72. The number of rotatable bonds is 3. The molecule has 0 radical (unpaired) electrons. The average Bonchev–Trinajstić information content (AvgIpc) is 2.40. The SMILES string of the molecule is COc1c(-c2ccc(Cl)c(Cl)c2)cccc1C(F)F. The minimum atomic E-state index is -2.60. The Labute approximate surface area is 119 Å². The number of halogens is 4. The maximum atomic E-state index is 12.9. The maximum absolute atomic E-state index is 12.9. The summed E-state index contributed by atoms with van der Waals surface area (Å²) < 4.78 is 31.0. The summed E-state index contributed by atoms with van der Waals surface area (Å²) in [6, 6.07) is 9.54. The van der Waals surface area contributed by atoms with Gasteiger partial charge in [-0.3, -0.25) is 0 Å². The largest absolute Gasteiger partial charge is 0.496 e. The van der Waals surface area contributed by atoms with Crippen LogP contribution in [-0.2, 0) is 0 Å². The zero-order chi connectivity index (χ0) is 14.0. The van der Waals surface area contributed by atoms with Crippen molar-refractivity contribution in [1.29, 1.82) is 0 Å². The first-order chi connectivity index (χ1) is 9.04. The van der Waals surface area contributed by atoms with Gasteiger partial charge >= 0.3 is 0 Å². The van der Waals surface area contributed by atoms with Gasteiger partial charge in [0.2, 0.25) is 0 Å². The van der Waals surface area contributed by atoms with Crippen molar-refractivity contribution >= 4 is 23.2 Å². The molecule has 100 valence electrons. The van der Waals surface area contributed by atoms with Gasteiger partial charge in [0.25, 0.3) is 6.43 Å². The van der Waals surface area contributed by atoms with E-state index in [1.807, 2.05) is 0 Å². The molecular formula is C14H10Cl2F2O. The molecule has 2 rings (SSSR count). The van der Waals surface area contributed by atoms with Crippen molar-refractivity contribution in [2.45, 2.75) is 6.43 Å². The molecule has 0 fully saturated rings. The van der Waals surface area contributed by atoms with Crippen molar-refractivity contribution in [3.05, 3.63) is 52.0 Å². The van der Waals surface area contributed by atoms with Crippen LogP contribution in [0.1, 0.15) is 12.0 Å². The second-order valence-electron chi connectivity index (χ2n) is 3.86. The summed E-state index contributed by atoms with van der Waals surface area (Å²) in [7, 11) is 1.36. The van der Waals surface area contributed by atoms with E-state index >= 15 is 0 Å². The Hall–Kier alpha value is -1.32. The van der Waals surface area contributed by atoms with Crippen molar-refractivity contribution in [1.82, 2.24) is 0 Å². The summed E-state index contributed by atoms with van der Waals surface area (Å²) in [6.45, 7) is 0. The third kappa shape index (κ3) is 2.82. The lowest BCUT2D eigenvalue weighted by Crippen LogP contribution is -1.95. The average molecular weight is 303 g/mol. The lowest BCUT2D eigenvalue weighted by Gasteiger charge is -2.13. The molecule has 2 aromatic carbocycles. The van der Waals surface area contributed by atoms with Gasteiger partial charge in [0.05, 0.1) is 22.7 Å². The molecule has 2 aromatic rings. The Balaban J connectivity index is 2.61. The monoisotopic (exact) mass is 302 g/mol. The Morgan fingerprint density at radius 3 is 2.37 bits per heavy atom. The highest BCUT2D eigenvalue weighted by Crippen LogP contribution is 2.39. The molecule has 0 aliphatic carbocycles. The zero-order valence-corrected chi connectivity index (χ0v) is 11.5. The normalized spacial score (nSPS) is 10.8. The minimum absolute atomic E-state index is 0.147. The van der Waals surface area contributed by atoms with Crippen LogP contribution in [0.4, 0.5) is 8.78 Å². The Morgan fingerprint density at radius 1 is 1.05 bits per heavy atom. The van der Waals surface area contributed by atoms with Crippen LogP contribution in [0.25, 0.3) is 11.1 Å². The number of hydrogen-bond donors (Lipinski definition) is 0. The minimum Gasteiger partial charge on any atom is -0.496 e. The summed E-state index contributed by atoms with van der Waals surface area (Å²) in [4.78, 5) is 0. The van der Waals surface area contributed by atoms with Gasteiger partial charge in [-0.2, -0.15) is 0 Å². The van der Waals surface area contributed by atoms with Crippen molar-refractivity contribution in [3.8, 4) is 16.9 Å². The Bertz CT molecular complexity index is 600. The van der Waals surface area contributed by atoms with E-state index in [1.165, 1.54) is 13.2 Å². The van der Waals surface area contributed by atoms with E-state index < -0.39 is 6.43 Å².